The van der Waals surface area contributed by atoms with Gasteiger partial charge < -0.3 is 10.1 Å². The number of hydrogen-bond donors (Lipinski definition) is 1. The van der Waals surface area contributed by atoms with E-state index < -0.39 is 0 Å². The van der Waals surface area contributed by atoms with Crippen molar-refractivity contribution >= 4 is 5.69 Å². The van der Waals surface area contributed by atoms with E-state index in [1.807, 2.05) is 42.5 Å². The van der Waals surface area contributed by atoms with Crippen LogP contribution in [0.5, 0.6) is 11.5 Å². The van der Waals surface area contributed by atoms with Gasteiger partial charge in [-0.05, 0) is 48.9 Å². The van der Waals surface area contributed by atoms with Crippen molar-refractivity contribution in [1.29, 1.82) is 0 Å². The third-order valence-corrected chi connectivity index (χ3v) is 4.19. The first-order chi connectivity index (χ1) is 10.1. The lowest BCUT2D eigenvalue weighted by atomic mass is 9.92. The molecule has 0 spiro atoms. The van der Waals surface area contributed by atoms with Gasteiger partial charge in [0.2, 0.25) is 0 Å². The molecule has 0 saturated heterocycles. The zero-order chi connectivity index (χ0) is 14.7. The minimum absolute atomic E-state index is 0.451. The van der Waals surface area contributed by atoms with Crippen LogP contribution < -0.4 is 10.1 Å². The van der Waals surface area contributed by atoms with Crippen LogP contribution >= 0.6 is 0 Å². The van der Waals surface area contributed by atoms with E-state index in [0.29, 0.717) is 11.5 Å². The van der Waals surface area contributed by atoms with Gasteiger partial charge in [-0.1, -0.05) is 44.2 Å². The number of hydrogen-bond acceptors (Lipinski definition) is 2. The molecule has 2 aromatic carbocycles. The van der Waals surface area contributed by atoms with Gasteiger partial charge in [0.05, 0.1) is 5.69 Å². The average molecular weight is 281 g/mol. The molecule has 0 bridgehead atoms. The van der Waals surface area contributed by atoms with Gasteiger partial charge in [-0.15, -0.1) is 0 Å². The van der Waals surface area contributed by atoms with Crippen molar-refractivity contribution < 1.29 is 4.74 Å². The third kappa shape index (κ3) is 3.57. The number of ether oxygens (including phenoxy) is 1. The fourth-order valence-electron chi connectivity index (χ4n) is 3.07. The van der Waals surface area contributed by atoms with Crippen LogP contribution in [0.15, 0.2) is 54.6 Å². The fourth-order valence-corrected chi connectivity index (χ4v) is 3.07. The van der Waals surface area contributed by atoms with Gasteiger partial charge in [-0.25, -0.2) is 0 Å². The van der Waals surface area contributed by atoms with Crippen molar-refractivity contribution in [2.75, 3.05) is 5.32 Å². The van der Waals surface area contributed by atoms with Gasteiger partial charge >= 0.3 is 0 Å². The Morgan fingerprint density at radius 1 is 1.00 bits per heavy atom. The van der Waals surface area contributed by atoms with Gasteiger partial charge in [-0.3, -0.25) is 0 Å². The topological polar surface area (TPSA) is 21.3 Å². The van der Waals surface area contributed by atoms with Crippen LogP contribution in [0.3, 0.4) is 0 Å². The summed E-state index contributed by atoms with van der Waals surface area (Å²) in [5.41, 5.74) is 1.54. The maximum atomic E-state index is 6.01. The van der Waals surface area contributed by atoms with Crippen molar-refractivity contribution in [2.24, 2.45) is 5.41 Å². The van der Waals surface area contributed by atoms with Crippen LogP contribution in [0.4, 0.5) is 5.69 Å². The first-order valence-electron chi connectivity index (χ1n) is 7.71. The van der Waals surface area contributed by atoms with Gasteiger partial charge in [0.1, 0.15) is 5.75 Å². The summed E-state index contributed by atoms with van der Waals surface area (Å²) in [6, 6.07) is 18.7. The number of para-hydroxylation sites is 3. The maximum absolute atomic E-state index is 6.01. The molecule has 1 saturated carbocycles. The van der Waals surface area contributed by atoms with Crippen molar-refractivity contribution in [3.05, 3.63) is 54.6 Å². The van der Waals surface area contributed by atoms with Crippen LogP contribution in [-0.2, 0) is 0 Å². The minimum Gasteiger partial charge on any atom is -0.455 e. The number of rotatable bonds is 4. The first-order valence-corrected chi connectivity index (χ1v) is 7.71. The van der Waals surface area contributed by atoms with E-state index in [0.717, 1.165) is 17.2 Å². The molecular weight excluding hydrogens is 258 g/mol. The fraction of sp³-hybridized carbons (Fsp3) is 0.368. The SMILES string of the molecule is CC1(C)CCC(Nc2ccccc2Oc2ccccc2)C1. The zero-order valence-electron chi connectivity index (χ0n) is 12.8. The predicted octanol–water partition coefficient (Wildman–Crippen LogP) is 5.47. The average Bonchev–Trinajstić information content (AvgIpc) is 2.81. The second-order valence-corrected chi connectivity index (χ2v) is 6.66. The summed E-state index contributed by atoms with van der Waals surface area (Å²) in [5.74, 6) is 1.77. The number of anilines is 1. The van der Waals surface area contributed by atoms with E-state index in [9.17, 15) is 0 Å². The maximum Gasteiger partial charge on any atom is 0.150 e. The summed E-state index contributed by atoms with van der Waals surface area (Å²) in [6.45, 7) is 4.70. The van der Waals surface area contributed by atoms with Crippen molar-refractivity contribution in [1.82, 2.24) is 0 Å². The van der Waals surface area contributed by atoms with Crippen molar-refractivity contribution in [3.8, 4) is 11.5 Å². The summed E-state index contributed by atoms with van der Waals surface area (Å²) >= 11 is 0. The van der Waals surface area contributed by atoms with Crippen molar-refractivity contribution in [2.45, 2.75) is 39.2 Å². The standard InChI is InChI=1S/C19H23NO/c1-19(2)13-12-15(14-19)20-17-10-6-7-11-18(17)21-16-8-4-3-5-9-16/h3-11,15,20H,12-14H2,1-2H3. The lowest BCUT2D eigenvalue weighted by molar-refractivity contribution is 0.378. The normalized spacial score (nSPS) is 20.2. The minimum atomic E-state index is 0.451. The molecule has 2 nitrogen and oxygen atoms in total. The van der Waals surface area contributed by atoms with Crippen LogP contribution in [0, 0.1) is 5.41 Å². The Hall–Kier alpha value is -1.96. The summed E-state index contributed by atoms with van der Waals surface area (Å²) in [4.78, 5) is 0. The molecule has 1 aliphatic rings. The molecule has 1 N–H and O–H groups in total. The molecular formula is C19H23NO. The Morgan fingerprint density at radius 3 is 2.43 bits per heavy atom. The van der Waals surface area contributed by atoms with Crippen LogP contribution in [-0.4, -0.2) is 6.04 Å². The molecule has 110 valence electrons. The second-order valence-electron chi connectivity index (χ2n) is 6.66. The largest absolute Gasteiger partial charge is 0.455 e. The molecule has 0 radical (unpaired) electrons. The van der Waals surface area contributed by atoms with Gasteiger partial charge in [-0.2, -0.15) is 0 Å². The molecule has 0 heterocycles. The van der Waals surface area contributed by atoms with Gasteiger partial charge in [0.25, 0.3) is 0 Å². The van der Waals surface area contributed by atoms with E-state index in [-0.39, 0.29) is 0 Å². The second kappa shape index (κ2) is 5.80. The van der Waals surface area contributed by atoms with E-state index >= 15 is 0 Å². The number of nitrogens with one attached hydrogen (secondary N) is 1. The Kier molecular flexibility index (Phi) is 3.87. The summed E-state index contributed by atoms with van der Waals surface area (Å²) < 4.78 is 6.01. The molecule has 0 aromatic heterocycles. The molecule has 1 aliphatic carbocycles. The zero-order valence-corrected chi connectivity index (χ0v) is 12.8. The van der Waals surface area contributed by atoms with Crippen LogP contribution in [0.1, 0.15) is 33.1 Å². The van der Waals surface area contributed by atoms with Crippen LogP contribution in [0.2, 0.25) is 0 Å². The van der Waals surface area contributed by atoms with Crippen LogP contribution in [0.25, 0.3) is 0 Å². The smallest absolute Gasteiger partial charge is 0.150 e. The first kappa shape index (κ1) is 14.0. The highest BCUT2D eigenvalue weighted by Gasteiger charge is 2.31. The number of benzene rings is 2. The van der Waals surface area contributed by atoms with Gasteiger partial charge in [0.15, 0.2) is 5.75 Å². The summed E-state index contributed by atoms with van der Waals surface area (Å²) in [6.07, 6.45) is 3.73. The molecule has 2 aromatic rings. The monoisotopic (exact) mass is 281 g/mol. The Labute approximate surface area is 127 Å². The molecule has 0 aliphatic heterocycles. The van der Waals surface area contributed by atoms with Gasteiger partial charge in [0, 0.05) is 6.04 Å². The Balaban J connectivity index is 1.74. The highest BCUT2D eigenvalue weighted by Crippen LogP contribution is 2.39. The molecule has 3 rings (SSSR count). The predicted molar refractivity (Wildman–Crippen MR) is 88.0 cm³/mol. The summed E-state index contributed by atoms with van der Waals surface area (Å²) in [7, 11) is 0. The van der Waals surface area contributed by atoms with E-state index in [4.69, 9.17) is 4.74 Å². The Bertz CT molecular complexity index is 592. The molecule has 1 fully saturated rings. The highest BCUT2D eigenvalue weighted by molar-refractivity contribution is 5.58. The Morgan fingerprint density at radius 2 is 1.71 bits per heavy atom. The lowest BCUT2D eigenvalue weighted by Crippen LogP contribution is -2.17. The highest BCUT2D eigenvalue weighted by atomic mass is 16.5. The molecule has 1 unspecified atom stereocenters. The van der Waals surface area contributed by atoms with E-state index in [2.05, 4.69) is 31.3 Å². The summed E-state index contributed by atoms with van der Waals surface area (Å²) in [5, 5.41) is 3.66. The molecule has 2 heteroatoms. The molecule has 1 atom stereocenters. The quantitative estimate of drug-likeness (QED) is 0.802. The van der Waals surface area contributed by atoms with E-state index in [1.54, 1.807) is 0 Å². The lowest BCUT2D eigenvalue weighted by Gasteiger charge is -2.20. The third-order valence-electron chi connectivity index (χ3n) is 4.19. The van der Waals surface area contributed by atoms with E-state index in [1.165, 1.54) is 19.3 Å². The molecule has 21 heavy (non-hydrogen) atoms. The molecule has 0 amide bonds. The van der Waals surface area contributed by atoms with Crippen molar-refractivity contribution in [3.63, 3.8) is 0 Å².